The Hall–Kier alpha value is -1.90. The summed E-state index contributed by atoms with van der Waals surface area (Å²) >= 11 is 0. The van der Waals surface area contributed by atoms with Crippen LogP contribution in [-0.4, -0.2) is 35.6 Å². The maximum absolute atomic E-state index is 14.0. The number of nitrogens with zero attached hydrogens (tertiary/aromatic N) is 1. The van der Waals surface area contributed by atoms with Crippen molar-refractivity contribution in [2.24, 2.45) is 5.73 Å². The minimum absolute atomic E-state index is 0.117. The second kappa shape index (κ2) is 9.11. The van der Waals surface area contributed by atoms with E-state index < -0.39 is 5.91 Å². The van der Waals surface area contributed by atoms with Crippen molar-refractivity contribution in [1.29, 1.82) is 0 Å². The van der Waals surface area contributed by atoms with Gasteiger partial charge in [-0.3, -0.25) is 9.69 Å². The molecule has 5 heteroatoms. The summed E-state index contributed by atoms with van der Waals surface area (Å²) in [5, 5.41) is 8.62. The van der Waals surface area contributed by atoms with E-state index in [9.17, 15) is 9.18 Å². The first-order valence-electron chi connectivity index (χ1n) is 6.95. The molecule has 0 spiro atoms. The second-order valence-electron chi connectivity index (χ2n) is 4.80. The first-order chi connectivity index (χ1) is 10.1. The van der Waals surface area contributed by atoms with Crippen molar-refractivity contribution in [1.82, 2.24) is 4.90 Å². The summed E-state index contributed by atoms with van der Waals surface area (Å²) in [7, 11) is 0. The van der Waals surface area contributed by atoms with Gasteiger partial charge in [0.15, 0.2) is 0 Å². The van der Waals surface area contributed by atoms with E-state index in [1.165, 1.54) is 6.07 Å². The number of aliphatic hydroxyl groups is 1. The number of amides is 1. The lowest BCUT2D eigenvalue weighted by atomic mass is 10.1. The van der Waals surface area contributed by atoms with E-state index in [1.54, 1.807) is 12.1 Å². The van der Waals surface area contributed by atoms with Gasteiger partial charge in [0.25, 0.3) is 0 Å². The number of carbonyl (C=O) groups excluding carboxylic acids is 1. The molecule has 21 heavy (non-hydrogen) atoms. The summed E-state index contributed by atoms with van der Waals surface area (Å²) in [6, 6.07) is 4.68. The van der Waals surface area contributed by atoms with Crippen molar-refractivity contribution in [2.45, 2.75) is 26.3 Å². The Labute approximate surface area is 124 Å². The van der Waals surface area contributed by atoms with Gasteiger partial charge in [-0.15, -0.1) is 0 Å². The van der Waals surface area contributed by atoms with E-state index in [1.807, 2.05) is 4.90 Å². The second-order valence-corrected chi connectivity index (χ2v) is 4.80. The van der Waals surface area contributed by atoms with Crippen molar-refractivity contribution < 1.29 is 14.3 Å². The Morgan fingerprint density at radius 2 is 2.24 bits per heavy atom. The molecule has 0 atom stereocenters. The molecule has 0 aliphatic carbocycles. The van der Waals surface area contributed by atoms with E-state index in [4.69, 9.17) is 10.8 Å². The average Bonchev–Trinajstić information content (AvgIpc) is 2.44. The summed E-state index contributed by atoms with van der Waals surface area (Å²) < 4.78 is 14.0. The number of primary amides is 1. The highest BCUT2D eigenvalue weighted by Gasteiger charge is 2.11. The fourth-order valence-corrected chi connectivity index (χ4v) is 1.95. The Morgan fingerprint density at radius 1 is 1.48 bits per heavy atom. The topological polar surface area (TPSA) is 66.6 Å². The summed E-state index contributed by atoms with van der Waals surface area (Å²) in [5.74, 6) is 4.34. The van der Waals surface area contributed by atoms with E-state index in [-0.39, 0.29) is 19.0 Å². The predicted molar refractivity (Wildman–Crippen MR) is 79.7 cm³/mol. The molecule has 0 aliphatic rings. The predicted octanol–water partition coefficient (Wildman–Crippen LogP) is 1.26. The molecule has 1 rings (SSSR count). The normalized spacial score (nSPS) is 10.3. The van der Waals surface area contributed by atoms with Crippen LogP contribution in [0.4, 0.5) is 4.39 Å². The first-order valence-corrected chi connectivity index (χ1v) is 6.95. The number of carbonyl (C=O) groups is 1. The molecule has 1 aromatic rings. The number of aliphatic hydroxyl groups excluding tert-OH is 1. The molecule has 1 aromatic carbocycles. The number of hydrogen-bond acceptors (Lipinski definition) is 3. The van der Waals surface area contributed by atoms with Crippen LogP contribution in [0.5, 0.6) is 0 Å². The lowest BCUT2D eigenvalue weighted by Gasteiger charge is -2.20. The molecule has 0 unspecified atom stereocenters. The fraction of sp³-hybridized carbons (Fsp3) is 0.438. The van der Waals surface area contributed by atoms with Crippen molar-refractivity contribution in [3.8, 4) is 11.8 Å². The molecule has 0 radical (unpaired) electrons. The lowest BCUT2D eigenvalue weighted by Crippen LogP contribution is -2.34. The Bertz CT molecular complexity index is 535. The first kappa shape index (κ1) is 17.2. The molecule has 1 amide bonds. The zero-order valence-corrected chi connectivity index (χ0v) is 12.2. The van der Waals surface area contributed by atoms with Crippen LogP contribution in [-0.2, 0) is 11.3 Å². The summed E-state index contributed by atoms with van der Waals surface area (Å²) in [5.41, 5.74) is 6.24. The molecule has 114 valence electrons. The van der Waals surface area contributed by atoms with Crippen molar-refractivity contribution >= 4 is 5.91 Å². The minimum Gasteiger partial charge on any atom is -0.384 e. The quantitative estimate of drug-likeness (QED) is 0.744. The number of rotatable bonds is 7. The van der Waals surface area contributed by atoms with Gasteiger partial charge in [0, 0.05) is 17.7 Å². The van der Waals surface area contributed by atoms with Crippen molar-refractivity contribution in [2.75, 3.05) is 19.7 Å². The Balaban J connectivity index is 2.80. The van der Waals surface area contributed by atoms with Crippen LogP contribution in [0, 0.1) is 17.7 Å². The summed E-state index contributed by atoms with van der Waals surface area (Å²) in [6.45, 7) is 2.95. The highest BCUT2D eigenvalue weighted by Crippen LogP contribution is 2.13. The molecule has 0 fully saturated rings. The fourth-order valence-electron chi connectivity index (χ4n) is 1.95. The Kier molecular flexibility index (Phi) is 7.44. The number of benzene rings is 1. The molecule has 0 aromatic heterocycles. The van der Waals surface area contributed by atoms with Gasteiger partial charge in [-0.1, -0.05) is 31.3 Å². The molecule has 3 N–H and O–H groups in total. The van der Waals surface area contributed by atoms with Crippen molar-refractivity contribution in [3.05, 3.63) is 35.1 Å². The third-order valence-electron chi connectivity index (χ3n) is 2.97. The van der Waals surface area contributed by atoms with Gasteiger partial charge in [0.05, 0.1) is 6.54 Å². The number of nitrogens with two attached hydrogens (primary N) is 1. The van der Waals surface area contributed by atoms with Gasteiger partial charge >= 0.3 is 0 Å². The van der Waals surface area contributed by atoms with Crippen LogP contribution in [0.15, 0.2) is 18.2 Å². The van der Waals surface area contributed by atoms with Crippen LogP contribution in [0.1, 0.15) is 30.9 Å². The monoisotopic (exact) mass is 292 g/mol. The van der Waals surface area contributed by atoms with Crippen LogP contribution in [0.25, 0.3) is 0 Å². The maximum atomic E-state index is 14.0. The van der Waals surface area contributed by atoms with Gasteiger partial charge in [0.1, 0.15) is 12.4 Å². The third-order valence-corrected chi connectivity index (χ3v) is 2.97. The SMILES string of the molecule is CCCCN(CC(N)=O)Cc1ccc(C#CCO)cc1F. The maximum Gasteiger partial charge on any atom is 0.231 e. The Morgan fingerprint density at radius 3 is 2.81 bits per heavy atom. The number of halogens is 1. The van der Waals surface area contributed by atoms with Gasteiger partial charge < -0.3 is 10.8 Å². The van der Waals surface area contributed by atoms with Crippen LogP contribution >= 0.6 is 0 Å². The number of hydrogen-bond donors (Lipinski definition) is 2. The lowest BCUT2D eigenvalue weighted by molar-refractivity contribution is -0.119. The highest BCUT2D eigenvalue weighted by molar-refractivity contribution is 5.75. The molecule has 0 heterocycles. The zero-order chi connectivity index (χ0) is 15.7. The van der Waals surface area contributed by atoms with Gasteiger partial charge in [-0.2, -0.15) is 0 Å². The van der Waals surface area contributed by atoms with E-state index in [2.05, 4.69) is 18.8 Å². The van der Waals surface area contributed by atoms with Crippen LogP contribution in [0.3, 0.4) is 0 Å². The van der Waals surface area contributed by atoms with E-state index >= 15 is 0 Å². The summed E-state index contributed by atoms with van der Waals surface area (Å²) in [6.07, 6.45) is 1.92. The van der Waals surface area contributed by atoms with E-state index in [0.717, 1.165) is 12.8 Å². The molecule has 0 saturated heterocycles. The summed E-state index contributed by atoms with van der Waals surface area (Å²) in [4.78, 5) is 12.9. The van der Waals surface area contributed by atoms with Gasteiger partial charge in [0.2, 0.25) is 5.91 Å². The van der Waals surface area contributed by atoms with Gasteiger partial charge in [-0.25, -0.2) is 4.39 Å². The molecule has 4 nitrogen and oxygen atoms in total. The van der Waals surface area contributed by atoms with E-state index in [0.29, 0.717) is 24.2 Å². The molecule has 0 bridgehead atoms. The minimum atomic E-state index is -0.419. The van der Waals surface area contributed by atoms with Crippen molar-refractivity contribution in [3.63, 3.8) is 0 Å². The molecular formula is C16H21FN2O2. The van der Waals surface area contributed by atoms with Crippen LogP contribution < -0.4 is 5.73 Å². The highest BCUT2D eigenvalue weighted by atomic mass is 19.1. The standard InChI is InChI=1S/C16H21FN2O2/c1-2-3-8-19(12-16(18)21)11-14-7-6-13(5-4-9-20)10-15(14)17/h6-7,10,20H,2-3,8-9,11-12H2,1H3,(H2,18,21). The average molecular weight is 292 g/mol. The molecule has 0 aliphatic heterocycles. The number of unbranched alkanes of at least 4 members (excludes halogenated alkanes) is 1. The zero-order valence-electron chi connectivity index (χ0n) is 12.2. The third kappa shape index (κ3) is 6.39. The van der Waals surface area contributed by atoms with Gasteiger partial charge in [-0.05, 0) is 25.1 Å². The molecular weight excluding hydrogens is 271 g/mol. The largest absolute Gasteiger partial charge is 0.384 e. The smallest absolute Gasteiger partial charge is 0.231 e. The van der Waals surface area contributed by atoms with Crippen LogP contribution in [0.2, 0.25) is 0 Å². The molecule has 0 saturated carbocycles.